The third-order valence-electron chi connectivity index (χ3n) is 5.75. The number of carboxylic acids is 1. The lowest BCUT2D eigenvalue weighted by Crippen LogP contribution is -2.38. The van der Waals surface area contributed by atoms with Crippen molar-refractivity contribution in [3.63, 3.8) is 0 Å². The van der Waals surface area contributed by atoms with Crippen LogP contribution in [0.5, 0.6) is 17.2 Å². The third kappa shape index (κ3) is 5.30. The minimum atomic E-state index is -1.52. The minimum absolute atomic E-state index is 0.140. The molecular formula is C28H27NO6. The monoisotopic (exact) mass is 473 g/mol. The van der Waals surface area contributed by atoms with Gasteiger partial charge >= 0.3 is 5.97 Å². The van der Waals surface area contributed by atoms with E-state index in [1.807, 2.05) is 24.4 Å². The first-order chi connectivity index (χ1) is 16.8. The molecule has 0 saturated carbocycles. The first kappa shape index (κ1) is 23.9. The summed E-state index contributed by atoms with van der Waals surface area (Å²) in [6.07, 6.45) is 2.74. The number of fused-ring (bicyclic) bond motifs is 1. The second-order valence-corrected chi connectivity index (χ2v) is 8.59. The van der Waals surface area contributed by atoms with Crippen LogP contribution in [0.3, 0.4) is 0 Å². The molecule has 0 spiro atoms. The molecule has 1 aromatic heterocycles. The van der Waals surface area contributed by atoms with E-state index in [9.17, 15) is 14.7 Å². The fourth-order valence-corrected chi connectivity index (χ4v) is 3.70. The average Bonchev–Trinajstić information content (AvgIpc) is 3.27. The van der Waals surface area contributed by atoms with Crippen LogP contribution in [0.15, 0.2) is 72.9 Å². The maximum atomic E-state index is 13.2. The van der Waals surface area contributed by atoms with Crippen molar-refractivity contribution in [3.8, 4) is 17.2 Å². The molecule has 0 radical (unpaired) electrons. The Kier molecular flexibility index (Phi) is 6.78. The molecule has 0 aliphatic heterocycles. The number of para-hydroxylation sites is 1. The Morgan fingerprint density at radius 1 is 0.971 bits per heavy atom. The van der Waals surface area contributed by atoms with Crippen molar-refractivity contribution in [1.29, 1.82) is 0 Å². The molecule has 0 fully saturated rings. The first-order valence-corrected chi connectivity index (χ1v) is 11.2. The number of H-pyrrole nitrogens is 1. The molecule has 4 aromatic rings. The van der Waals surface area contributed by atoms with E-state index in [0.29, 0.717) is 23.7 Å². The van der Waals surface area contributed by atoms with Crippen molar-refractivity contribution in [3.05, 3.63) is 89.6 Å². The smallest absolute Gasteiger partial charge is 0.347 e. The predicted molar refractivity (Wildman–Crippen MR) is 133 cm³/mol. The van der Waals surface area contributed by atoms with Gasteiger partial charge in [0.25, 0.3) is 0 Å². The Balaban J connectivity index is 1.46. The Hall–Kier alpha value is -4.26. The van der Waals surface area contributed by atoms with Crippen molar-refractivity contribution in [1.82, 2.24) is 4.98 Å². The molecule has 3 aromatic carbocycles. The summed E-state index contributed by atoms with van der Waals surface area (Å²) in [6, 6.07) is 19.7. The van der Waals surface area contributed by atoms with Crippen LogP contribution in [-0.4, -0.2) is 41.2 Å². The maximum Gasteiger partial charge on any atom is 0.347 e. The molecule has 7 nitrogen and oxygen atoms in total. The van der Waals surface area contributed by atoms with E-state index in [1.54, 1.807) is 36.4 Å². The van der Waals surface area contributed by atoms with Crippen LogP contribution in [0, 0.1) is 0 Å². The number of carbonyl (C=O) groups is 2. The van der Waals surface area contributed by atoms with Gasteiger partial charge in [0, 0.05) is 35.2 Å². The second-order valence-electron chi connectivity index (χ2n) is 8.59. The molecule has 35 heavy (non-hydrogen) atoms. The van der Waals surface area contributed by atoms with Gasteiger partial charge in [0.15, 0.2) is 11.4 Å². The number of benzene rings is 3. The number of carboxylic acid groups (broad SMARTS) is 1. The molecule has 0 unspecified atom stereocenters. The molecule has 0 saturated heterocycles. The summed E-state index contributed by atoms with van der Waals surface area (Å²) in [5.41, 5.74) is 1.43. The molecule has 0 bridgehead atoms. The fraction of sp³-hybridized carbons (Fsp3) is 0.214. The number of aromatic amines is 1. The topological polar surface area (TPSA) is 97.9 Å². The number of rotatable bonds is 10. The zero-order valence-corrected chi connectivity index (χ0v) is 19.8. The molecule has 0 aliphatic carbocycles. The highest BCUT2D eigenvalue weighted by atomic mass is 16.5. The number of nitrogens with one attached hydrogen (secondary N) is 1. The fourth-order valence-electron chi connectivity index (χ4n) is 3.70. The molecule has 0 atom stereocenters. The van der Waals surface area contributed by atoms with Crippen molar-refractivity contribution in [2.75, 3.05) is 13.7 Å². The molecule has 7 heteroatoms. The number of hydrogen-bond acceptors (Lipinski definition) is 5. The first-order valence-electron chi connectivity index (χ1n) is 11.2. The van der Waals surface area contributed by atoms with Gasteiger partial charge in [0.05, 0.1) is 19.3 Å². The van der Waals surface area contributed by atoms with E-state index in [4.69, 9.17) is 14.2 Å². The van der Waals surface area contributed by atoms with Crippen LogP contribution in [-0.2, 0) is 11.2 Å². The van der Waals surface area contributed by atoms with E-state index in [-0.39, 0.29) is 17.1 Å². The van der Waals surface area contributed by atoms with Crippen molar-refractivity contribution in [2.24, 2.45) is 0 Å². The van der Waals surface area contributed by atoms with E-state index >= 15 is 0 Å². The SMILES string of the molecule is COc1ccc(C(=O)c2ccc(OCCc3c[nH]c4ccccc34)cc2)c(OC(C)(C)C(=O)O)c1. The van der Waals surface area contributed by atoms with Crippen LogP contribution in [0.2, 0.25) is 0 Å². The molecule has 180 valence electrons. The van der Waals surface area contributed by atoms with Gasteiger partial charge in [0.1, 0.15) is 17.2 Å². The summed E-state index contributed by atoms with van der Waals surface area (Å²) in [6.45, 7) is 3.34. The number of methoxy groups -OCH3 is 1. The average molecular weight is 474 g/mol. The standard InChI is InChI=1S/C28H27NO6/c1-28(2,27(31)32)35-25-16-21(33-3)12-13-23(25)26(30)18-8-10-20(11-9-18)34-15-14-19-17-29-24-7-5-4-6-22(19)24/h4-13,16-17,29H,14-15H2,1-3H3,(H,31,32). The number of ketones is 1. The van der Waals surface area contributed by atoms with Crippen molar-refractivity contribution in [2.45, 2.75) is 25.9 Å². The van der Waals surface area contributed by atoms with Crippen molar-refractivity contribution < 1.29 is 28.9 Å². The quantitative estimate of drug-likeness (QED) is 0.305. The molecule has 2 N–H and O–H groups in total. The lowest BCUT2D eigenvalue weighted by Gasteiger charge is -2.23. The summed E-state index contributed by atoms with van der Waals surface area (Å²) in [7, 11) is 1.49. The summed E-state index contributed by atoms with van der Waals surface area (Å²) < 4.78 is 16.8. The minimum Gasteiger partial charge on any atom is -0.497 e. The highest BCUT2D eigenvalue weighted by Gasteiger charge is 2.31. The Bertz CT molecular complexity index is 1350. The Morgan fingerprint density at radius 3 is 2.40 bits per heavy atom. The number of carbonyl (C=O) groups excluding carboxylic acids is 1. The van der Waals surface area contributed by atoms with Gasteiger partial charge in [-0.25, -0.2) is 4.79 Å². The summed E-state index contributed by atoms with van der Waals surface area (Å²) in [5.74, 6) is -0.195. The van der Waals surface area contributed by atoms with Crippen LogP contribution < -0.4 is 14.2 Å². The van der Waals surface area contributed by atoms with Gasteiger partial charge in [-0.3, -0.25) is 4.79 Å². The molecule has 0 aliphatic rings. The van der Waals surface area contributed by atoms with E-state index < -0.39 is 11.6 Å². The highest BCUT2D eigenvalue weighted by Crippen LogP contribution is 2.30. The molecule has 1 heterocycles. The molecule has 0 amide bonds. The number of aliphatic carboxylic acids is 1. The lowest BCUT2D eigenvalue weighted by molar-refractivity contribution is -0.152. The van der Waals surface area contributed by atoms with Crippen molar-refractivity contribution >= 4 is 22.7 Å². The Morgan fingerprint density at radius 2 is 1.69 bits per heavy atom. The zero-order chi connectivity index (χ0) is 25.0. The van der Waals surface area contributed by atoms with Crippen LogP contribution in [0.4, 0.5) is 0 Å². The number of aromatic nitrogens is 1. The van der Waals surface area contributed by atoms with Crippen LogP contribution in [0.25, 0.3) is 10.9 Å². The van der Waals surface area contributed by atoms with E-state index in [1.165, 1.54) is 38.0 Å². The normalized spacial score (nSPS) is 11.3. The largest absolute Gasteiger partial charge is 0.497 e. The number of ether oxygens (including phenoxy) is 3. The van der Waals surface area contributed by atoms with E-state index in [0.717, 1.165) is 11.9 Å². The van der Waals surface area contributed by atoms with Gasteiger partial charge in [0.2, 0.25) is 0 Å². The predicted octanol–water partition coefficient (Wildman–Crippen LogP) is 5.27. The van der Waals surface area contributed by atoms with Crippen LogP contribution in [0.1, 0.15) is 35.3 Å². The van der Waals surface area contributed by atoms with Gasteiger partial charge < -0.3 is 24.3 Å². The summed E-state index contributed by atoms with van der Waals surface area (Å²) >= 11 is 0. The second kappa shape index (κ2) is 9.93. The summed E-state index contributed by atoms with van der Waals surface area (Å²) in [4.78, 5) is 28.0. The maximum absolute atomic E-state index is 13.2. The highest BCUT2D eigenvalue weighted by molar-refractivity contribution is 6.11. The van der Waals surface area contributed by atoms with Gasteiger partial charge in [-0.1, -0.05) is 18.2 Å². The van der Waals surface area contributed by atoms with Crippen LogP contribution >= 0.6 is 0 Å². The summed E-state index contributed by atoms with van der Waals surface area (Å²) in [5, 5.41) is 10.6. The van der Waals surface area contributed by atoms with Gasteiger partial charge in [-0.05, 0) is 61.9 Å². The van der Waals surface area contributed by atoms with E-state index in [2.05, 4.69) is 11.1 Å². The zero-order valence-electron chi connectivity index (χ0n) is 19.8. The molecular weight excluding hydrogens is 446 g/mol. The third-order valence-corrected chi connectivity index (χ3v) is 5.75. The van der Waals surface area contributed by atoms with Gasteiger partial charge in [-0.15, -0.1) is 0 Å². The number of hydrogen-bond donors (Lipinski definition) is 2. The Labute approximate surface area is 203 Å². The van der Waals surface area contributed by atoms with Gasteiger partial charge in [-0.2, -0.15) is 0 Å². The molecule has 4 rings (SSSR count). The lowest BCUT2D eigenvalue weighted by atomic mass is 10.0.